The molecule has 0 aliphatic carbocycles. The van der Waals surface area contributed by atoms with E-state index >= 15 is 0 Å². The predicted octanol–water partition coefficient (Wildman–Crippen LogP) is 6.94. The molecule has 0 radical (unpaired) electrons. The zero-order chi connectivity index (χ0) is 23.8. The first-order valence-corrected chi connectivity index (χ1v) is 14.0. The first kappa shape index (κ1) is 29.4. The molecule has 6 heteroatoms. The largest absolute Gasteiger partial charge is 0.624 e. The summed E-state index contributed by atoms with van der Waals surface area (Å²) in [6, 6.07) is 0. The lowest BCUT2D eigenvalue weighted by molar-refractivity contribution is -0.454. The highest BCUT2D eigenvalue weighted by atomic mass is 16.5. The van der Waals surface area contributed by atoms with Crippen LogP contribution in [0.1, 0.15) is 135 Å². The summed E-state index contributed by atoms with van der Waals surface area (Å²) in [5.41, 5.74) is 0. The second-order valence-corrected chi connectivity index (χ2v) is 9.70. The molecule has 0 aromatic carbocycles. The van der Waals surface area contributed by atoms with E-state index in [1.54, 1.807) is 0 Å². The molecule has 0 aromatic rings. The molecule has 0 saturated carbocycles. The molecule has 0 N–H and O–H groups in total. The Hall–Kier alpha value is -1.59. The van der Waals surface area contributed by atoms with Crippen molar-refractivity contribution in [2.75, 3.05) is 19.6 Å². The molecule has 1 heterocycles. The third-order valence-corrected chi connectivity index (χ3v) is 6.50. The highest BCUT2D eigenvalue weighted by Gasteiger charge is 2.00. The minimum absolute atomic E-state index is 0.613. The van der Waals surface area contributed by atoms with E-state index in [1.807, 2.05) is 18.6 Å². The topological polar surface area (TPSA) is 78.2 Å². The maximum absolute atomic E-state index is 11.9. The summed E-state index contributed by atoms with van der Waals surface area (Å²) in [4.78, 5) is 0. The number of hydroxylamine groups is 3. The van der Waals surface area contributed by atoms with Crippen molar-refractivity contribution in [3.8, 4) is 0 Å². The average Bonchev–Trinajstić information content (AvgIpc) is 2.80. The monoisotopic (exact) mass is 465 g/mol. The molecule has 0 unspecified atom stereocenters. The standard InChI is InChI=1S/C27H51N3O3/c31-28-22-16-10-4-1-5-11-17-23-29(32)25-19-13-7-3-9-15-21-27-30(33)26-20-14-8-2-6-12-18-24-28/h22,25-26H,1-21,23-24,27H2/b28-22-,29-25-,30-26-. The average molecular weight is 466 g/mol. The van der Waals surface area contributed by atoms with E-state index in [0.29, 0.717) is 19.6 Å². The molecule has 192 valence electrons. The molecule has 6 nitrogen and oxygen atoms in total. The summed E-state index contributed by atoms with van der Waals surface area (Å²) in [5.74, 6) is 0. The Morgan fingerprint density at radius 1 is 0.303 bits per heavy atom. The Bertz CT molecular complexity index is 471. The summed E-state index contributed by atoms with van der Waals surface area (Å²) in [6.07, 6.45) is 28.2. The van der Waals surface area contributed by atoms with Gasteiger partial charge in [0.2, 0.25) is 0 Å². The molecule has 0 spiro atoms. The second kappa shape index (κ2) is 22.2. The number of nitrogens with zero attached hydrogens (tertiary/aromatic N) is 3. The van der Waals surface area contributed by atoms with Gasteiger partial charge in [-0.1, -0.05) is 57.8 Å². The van der Waals surface area contributed by atoms with E-state index in [9.17, 15) is 15.6 Å². The van der Waals surface area contributed by atoms with Crippen LogP contribution in [-0.4, -0.2) is 52.5 Å². The van der Waals surface area contributed by atoms with Crippen LogP contribution in [0.4, 0.5) is 0 Å². The fourth-order valence-electron chi connectivity index (χ4n) is 4.34. The lowest BCUT2D eigenvalue weighted by Crippen LogP contribution is -2.07. The molecule has 1 aliphatic heterocycles. The Morgan fingerprint density at radius 3 is 0.788 bits per heavy atom. The predicted molar refractivity (Wildman–Crippen MR) is 141 cm³/mol. The molecule has 0 aromatic heterocycles. The number of hydrogen-bond donors (Lipinski definition) is 0. The fraction of sp³-hybridized carbons (Fsp3) is 0.889. The molecule has 1 aliphatic rings. The second-order valence-electron chi connectivity index (χ2n) is 9.70. The van der Waals surface area contributed by atoms with Gasteiger partial charge in [-0.25, -0.2) is 14.2 Å². The third kappa shape index (κ3) is 20.7. The SMILES string of the molecule is [O-]/[N+]1=C\CCCCCCCC/[N+]([O-])=C/CCCCCCCC/[N+]([O-])=C/CCCCCCCC1. The lowest BCUT2D eigenvalue weighted by Gasteiger charge is -2.06. The van der Waals surface area contributed by atoms with Gasteiger partial charge in [0.15, 0.2) is 38.3 Å². The highest BCUT2D eigenvalue weighted by Crippen LogP contribution is 2.09. The molecule has 0 saturated heterocycles. The van der Waals surface area contributed by atoms with Crippen LogP contribution in [0.5, 0.6) is 0 Å². The molecule has 0 fully saturated rings. The van der Waals surface area contributed by atoms with Crippen molar-refractivity contribution in [3.63, 3.8) is 0 Å². The molecular weight excluding hydrogens is 414 g/mol. The molecule has 33 heavy (non-hydrogen) atoms. The summed E-state index contributed by atoms with van der Waals surface area (Å²) in [7, 11) is 0. The lowest BCUT2D eigenvalue weighted by atomic mass is 10.1. The van der Waals surface area contributed by atoms with E-state index in [-0.39, 0.29) is 0 Å². The summed E-state index contributed by atoms with van der Waals surface area (Å²) < 4.78 is 3.36. The van der Waals surface area contributed by atoms with Crippen LogP contribution in [0.25, 0.3) is 0 Å². The maximum atomic E-state index is 11.9. The minimum Gasteiger partial charge on any atom is -0.624 e. The van der Waals surface area contributed by atoms with Gasteiger partial charge in [0.25, 0.3) is 0 Å². The Labute approximate surface area is 203 Å². The molecule has 0 amide bonds. The molecular formula is C27H51N3O3. The molecule has 1 rings (SSSR count). The minimum atomic E-state index is 0.613. The summed E-state index contributed by atoms with van der Waals surface area (Å²) in [5, 5.41) is 35.6. The van der Waals surface area contributed by atoms with Gasteiger partial charge in [-0.2, -0.15) is 0 Å². The van der Waals surface area contributed by atoms with Crippen LogP contribution in [0, 0.1) is 15.6 Å². The summed E-state index contributed by atoms with van der Waals surface area (Å²) in [6.45, 7) is 1.84. The first-order chi connectivity index (χ1) is 16.2. The van der Waals surface area contributed by atoms with Crippen molar-refractivity contribution in [3.05, 3.63) is 15.6 Å². The van der Waals surface area contributed by atoms with Crippen molar-refractivity contribution in [1.29, 1.82) is 0 Å². The molecule has 0 atom stereocenters. The zero-order valence-electron chi connectivity index (χ0n) is 21.3. The van der Waals surface area contributed by atoms with Crippen LogP contribution < -0.4 is 0 Å². The van der Waals surface area contributed by atoms with E-state index in [0.717, 1.165) is 91.3 Å². The van der Waals surface area contributed by atoms with Crippen molar-refractivity contribution >= 4 is 18.6 Å². The Morgan fingerprint density at radius 2 is 0.515 bits per heavy atom. The van der Waals surface area contributed by atoms with E-state index in [4.69, 9.17) is 0 Å². The van der Waals surface area contributed by atoms with Crippen molar-refractivity contribution in [1.82, 2.24) is 0 Å². The number of hydrogen-bond acceptors (Lipinski definition) is 3. The van der Waals surface area contributed by atoms with Gasteiger partial charge in [-0.15, -0.1) is 0 Å². The van der Waals surface area contributed by atoms with Gasteiger partial charge >= 0.3 is 0 Å². The summed E-state index contributed by atoms with van der Waals surface area (Å²) >= 11 is 0. The third-order valence-electron chi connectivity index (χ3n) is 6.50. The zero-order valence-corrected chi connectivity index (χ0v) is 21.3. The van der Waals surface area contributed by atoms with E-state index < -0.39 is 0 Å². The van der Waals surface area contributed by atoms with Crippen molar-refractivity contribution < 1.29 is 14.2 Å². The van der Waals surface area contributed by atoms with Crippen molar-refractivity contribution in [2.24, 2.45) is 0 Å². The molecule has 0 bridgehead atoms. The van der Waals surface area contributed by atoms with Gasteiger partial charge in [0.05, 0.1) is 0 Å². The van der Waals surface area contributed by atoms with Gasteiger partial charge in [-0.05, 0) is 38.5 Å². The van der Waals surface area contributed by atoms with Gasteiger partial charge < -0.3 is 15.6 Å². The Kier molecular flexibility index (Phi) is 19.8. The number of rotatable bonds is 0. The first-order valence-electron chi connectivity index (χ1n) is 14.0. The van der Waals surface area contributed by atoms with Crippen LogP contribution in [0.3, 0.4) is 0 Å². The van der Waals surface area contributed by atoms with E-state index in [1.165, 1.54) is 57.8 Å². The fourth-order valence-corrected chi connectivity index (χ4v) is 4.34. The van der Waals surface area contributed by atoms with Crippen molar-refractivity contribution in [2.45, 2.75) is 135 Å². The Balaban J connectivity index is 2.28. The van der Waals surface area contributed by atoms with E-state index in [2.05, 4.69) is 0 Å². The van der Waals surface area contributed by atoms with Crippen LogP contribution in [0.15, 0.2) is 0 Å². The maximum Gasteiger partial charge on any atom is 0.153 e. The van der Waals surface area contributed by atoms with Crippen LogP contribution in [0.2, 0.25) is 0 Å². The van der Waals surface area contributed by atoms with Crippen LogP contribution in [-0.2, 0) is 0 Å². The van der Waals surface area contributed by atoms with Gasteiger partial charge in [0.1, 0.15) is 0 Å². The smallest absolute Gasteiger partial charge is 0.153 e. The van der Waals surface area contributed by atoms with Gasteiger partial charge in [-0.3, -0.25) is 0 Å². The van der Waals surface area contributed by atoms with Gasteiger partial charge in [0, 0.05) is 38.5 Å². The van der Waals surface area contributed by atoms with Crippen LogP contribution >= 0.6 is 0 Å². The highest BCUT2D eigenvalue weighted by molar-refractivity contribution is 5.51. The quantitative estimate of drug-likeness (QED) is 0.287. The normalized spacial score (nSPS) is 27.1.